The summed E-state index contributed by atoms with van der Waals surface area (Å²) in [7, 11) is 0. The molecule has 1 saturated heterocycles. The highest BCUT2D eigenvalue weighted by Gasteiger charge is 2.24. The quantitative estimate of drug-likeness (QED) is 0.862. The van der Waals surface area contributed by atoms with E-state index < -0.39 is 0 Å². The Morgan fingerprint density at radius 2 is 1.95 bits per heavy atom. The smallest absolute Gasteiger partial charge is 0.124 e. The van der Waals surface area contributed by atoms with Gasteiger partial charge in [-0.25, -0.2) is 4.39 Å². The first-order valence-electron chi connectivity index (χ1n) is 6.82. The summed E-state index contributed by atoms with van der Waals surface area (Å²) in [5, 5.41) is 0. The van der Waals surface area contributed by atoms with Crippen molar-refractivity contribution in [3.05, 3.63) is 35.1 Å². The van der Waals surface area contributed by atoms with Gasteiger partial charge in [-0.3, -0.25) is 4.90 Å². The molecule has 0 aliphatic carbocycles. The zero-order valence-corrected chi connectivity index (χ0v) is 12.3. The van der Waals surface area contributed by atoms with E-state index in [0.29, 0.717) is 17.6 Å². The molecule has 1 heterocycles. The maximum Gasteiger partial charge on any atom is 0.124 e. The number of hydrogen-bond acceptors (Lipinski definition) is 2. The van der Waals surface area contributed by atoms with E-state index in [4.69, 9.17) is 18.0 Å². The summed E-state index contributed by atoms with van der Waals surface area (Å²) in [4.78, 5) is 2.68. The molecule has 1 aromatic carbocycles. The number of benzene rings is 1. The molecule has 1 fully saturated rings. The predicted molar refractivity (Wildman–Crippen MR) is 80.6 cm³/mol. The van der Waals surface area contributed by atoms with Gasteiger partial charge in [-0.05, 0) is 50.5 Å². The normalized spacial score (nSPS) is 24.4. The molecule has 0 radical (unpaired) electrons. The van der Waals surface area contributed by atoms with Crippen LogP contribution in [0, 0.1) is 5.82 Å². The van der Waals surface area contributed by atoms with Crippen LogP contribution in [-0.2, 0) is 6.54 Å². The molecule has 2 rings (SSSR count). The van der Waals surface area contributed by atoms with Crippen molar-refractivity contribution in [2.24, 2.45) is 5.73 Å². The second-order valence-electron chi connectivity index (χ2n) is 5.51. The molecule has 0 bridgehead atoms. The first kappa shape index (κ1) is 14.4. The number of nitrogens with zero attached hydrogens (tertiary/aromatic N) is 1. The second kappa shape index (κ2) is 5.97. The van der Waals surface area contributed by atoms with Crippen molar-refractivity contribution in [3.8, 4) is 0 Å². The molecule has 1 aromatic rings. The molecule has 2 N–H and O–H groups in total. The molecular weight excluding hydrogens is 259 g/mol. The molecule has 0 spiro atoms. The Labute approximate surface area is 119 Å². The minimum absolute atomic E-state index is 0.250. The standard InChI is InChI=1S/C15H21FN2S/c1-10-4-3-5-11(2)18(10)9-12-6-13(15(17)19)8-14(16)7-12/h6-8,10-11H,3-5,9H2,1-2H3,(H2,17,19)/t10-,11+. The van der Waals surface area contributed by atoms with E-state index in [2.05, 4.69) is 18.7 Å². The van der Waals surface area contributed by atoms with Crippen LogP contribution in [0.3, 0.4) is 0 Å². The monoisotopic (exact) mass is 280 g/mol. The lowest BCUT2D eigenvalue weighted by atomic mass is 9.96. The van der Waals surface area contributed by atoms with Crippen molar-refractivity contribution in [2.45, 2.75) is 51.7 Å². The summed E-state index contributed by atoms with van der Waals surface area (Å²) < 4.78 is 13.6. The molecule has 1 aliphatic rings. The maximum atomic E-state index is 13.6. The number of thiocarbonyl (C=S) groups is 1. The number of likely N-dealkylation sites (tertiary alicyclic amines) is 1. The highest BCUT2D eigenvalue weighted by atomic mass is 32.1. The van der Waals surface area contributed by atoms with E-state index in [-0.39, 0.29) is 10.8 Å². The third-order valence-electron chi connectivity index (χ3n) is 3.98. The third kappa shape index (κ3) is 3.51. The molecule has 2 nitrogen and oxygen atoms in total. The van der Waals surface area contributed by atoms with Crippen molar-refractivity contribution in [2.75, 3.05) is 0 Å². The van der Waals surface area contributed by atoms with Crippen LogP contribution in [0.15, 0.2) is 18.2 Å². The Bertz CT molecular complexity index is 465. The molecular formula is C15H21FN2S. The fourth-order valence-electron chi connectivity index (χ4n) is 2.88. The highest BCUT2D eigenvalue weighted by Crippen LogP contribution is 2.25. The van der Waals surface area contributed by atoms with E-state index in [1.807, 2.05) is 6.07 Å². The van der Waals surface area contributed by atoms with Crippen LogP contribution >= 0.6 is 12.2 Å². The summed E-state index contributed by atoms with van der Waals surface area (Å²) in [6.45, 7) is 5.24. The topological polar surface area (TPSA) is 29.3 Å². The van der Waals surface area contributed by atoms with Crippen LogP contribution in [0.4, 0.5) is 4.39 Å². The first-order valence-corrected chi connectivity index (χ1v) is 7.23. The highest BCUT2D eigenvalue weighted by molar-refractivity contribution is 7.80. The minimum atomic E-state index is -0.266. The van der Waals surface area contributed by atoms with Gasteiger partial charge < -0.3 is 5.73 Å². The molecule has 0 aromatic heterocycles. The maximum absolute atomic E-state index is 13.6. The van der Waals surface area contributed by atoms with E-state index in [1.54, 1.807) is 6.07 Å². The van der Waals surface area contributed by atoms with Gasteiger partial charge in [0.05, 0.1) is 0 Å². The lowest BCUT2D eigenvalue weighted by Crippen LogP contribution is -2.43. The first-order chi connectivity index (χ1) is 8.97. The van der Waals surface area contributed by atoms with Gasteiger partial charge in [-0.15, -0.1) is 0 Å². The summed E-state index contributed by atoms with van der Waals surface area (Å²) in [6.07, 6.45) is 3.70. The van der Waals surface area contributed by atoms with Crippen molar-refractivity contribution in [1.29, 1.82) is 0 Å². The molecule has 0 saturated carbocycles. The Hall–Kier alpha value is -1.00. The molecule has 1 aliphatic heterocycles. The molecule has 2 atom stereocenters. The van der Waals surface area contributed by atoms with Crippen LogP contribution in [0.25, 0.3) is 0 Å². The van der Waals surface area contributed by atoms with Crippen LogP contribution in [0.5, 0.6) is 0 Å². The van der Waals surface area contributed by atoms with E-state index >= 15 is 0 Å². The molecule has 0 amide bonds. The van der Waals surface area contributed by atoms with E-state index in [9.17, 15) is 4.39 Å². The van der Waals surface area contributed by atoms with Crippen LogP contribution in [-0.4, -0.2) is 22.0 Å². The fraction of sp³-hybridized carbons (Fsp3) is 0.533. The molecule has 0 unspecified atom stereocenters. The fourth-order valence-corrected chi connectivity index (χ4v) is 3.00. The SMILES string of the molecule is C[C@@H]1CCC[C@H](C)N1Cc1cc(F)cc(C(N)=S)c1. The van der Waals surface area contributed by atoms with Crippen molar-refractivity contribution in [3.63, 3.8) is 0 Å². The van der Waals surface area contributed by atoms with Gasteiger partial charge in [-0.2, -0.15) is 0 Å². The van der Waals surface area contributed by atoms with E-state index in [1.165, 1.54) is 25.3 Å². The largest absolute Gasteiger partial charge is 0.389 e. The number of rotatable bonds is 3. The average molecular weight is 280 g/mol. The molecule has 19 heavy (non-hydrogen) atoms. The van der Waals surface area contributed by atoms with Crippen LogP contribution in [0.1, 0.15) is 44.2 Å². The van der Waals surface area contributed by atoms with Gasteiger partial charge in [0, 0.05) is 24.2 Å². The van der Waals surface area contributed by atoms with E-state index in [0.717, 1.165) is 12.1 Å². The van der Waals surface area contributed by atoms with Crippen molar-refractivity contribution in [1.82, 2.24) is 4.90 Å². The van der Waals surface area contributed by atoms with Crippen LogP contribution < -0.4 is 5.73 Å². The average Bonchev–Trinajstić information content (AvgIpc) is 2.33. The van der Waals surface area contributed by atoms with Gasteiger partial charge in [0.25, 0.3) is 0 Å². The summed E-state index contributed by atoms with van der Waals surface area (Å²) in [5.41, 5.74) is 7.15. The Morgan fingerprint density at radius 1 is 1.32 bits per heavy atom. The predicted octanol–water partition coefficient (Wildman–Crippen LogP) is 3.22. The third-order valence-corrected chi connectivity index (χ3v) is 4.22. The number of hydrogen-bond donors (Lipinski definition) is 1. The summed E-state index contributed by atoms with van der Waals surface area (Å²) in [5.74, 6) is -0.266. The van der Waals surface area contributed by atoms with Crippen molar-refractivity contribution >= 4 is 17.2 Å². The van der Waals surface area contributed by atoms with Crippen LogP contribution in [0.2, 0.25) is 0 Å². The van der Waals surface area contributed by atoms with Gasteiger partial charge >= 0.3 is 0 Å². The van der Waals surface area contributed by atoms with Gasteiger partial charge in [-0.1, -0.05) is 18.6 Å². The number of nitrogens with two attached hydrogens (primary N) is 1. The van der Waals surface area contributed by atoms with Gasteiger partial charge in [0.1, 0.15) is 10.8 Å². The minimum Gasteiger partial charge on any atom is -0.389 e. The van der Waals surface area contributed by atoms with Gasteiger partial charge in [0.2, 0.25) is 0 Å². The zero-order valence-electron chi connectivity index (χ0n) is 11.5. The lowest BCUT2D eigenvalue weighted by molar-refractivity contribution is 0.0952. The van der Waals surface area contributed by atoms with Crippen molar-refractivity contribution < 1.29 is 4.39 Å². The summed E-state index contributed by atoms with van der Waals surface area (Å²) in [6, 6.07) is 5.96. The zero-order chi connectivity index (χ0) is 14.0. The number of halogens is 1. The summed E-state index contributed by atoms with van der Waals surface area (Å²) >= 11 is 4.93. The Kier molecular flexibility index (Phi) is 4.53. The molecule has 104 valence electrons. The van der Waals surface area contributed by atoms with Gasteiger partial charge in [0.15, 0.2) is 0 Å². The Morgan fingerprint density at radius 3 is 2.53 bits per heavy atom. The lowest BCUT2D eigenvalue weighted by Gasteiger charge is -2.39. The molecule has 4 heteroatoms. The number of piperidine rings is 1. The second-order valence-corrected chi connectivity index (χ2v) is 5.95. The Balaban J connectivity index is 2.20.